The molecule has 0 aliphatic heterocycles. The van der Waals surface area contributed by atoms with Crippen LogP contribution in [0.15, 0.2) is 24.3 Å². The van der Waals surface area contributed by atoms with Crippen LogP contribution in [0, 0.1) is 5.92 Å². The fourth-order valence-electron chi connectivity index (χ4n) is 2.08. The molecule has 0 radical (unpaired) electrons. The summed E-state index contributed by atoms with van der Waals surface area (Å²) in [6, 6.07) is 7.64. The van der Waals surface area contributed by atoms with E-state index in [1.807, 2.05) is 24.3 Å². The van der Waals surface area contributed by atoms with Gasteiger partial charge in [0.15, 0.2) is 5.78 Å². The number of esters is 1. The molecule has 2 rings (SSSR count). The molecular weight excluding hydrogens is 204 g/mol. The van der Waals surface area contributed by atoms with Crippen LogP contribution in [0.4, 0.5) is 0 Å². The van der Waals surface area contributed by atoms with E-state index in [1.54, 1.807) is 0 Å². The van der Waals surface area contributed by atoms with Crippen LogP contribution in [0.25, 0.3) is 0 Å². The van der Waals surface area contributed by atoms with Crippen LogP contribution in [0.5, 0.6) is 0 Å². The monoisotopic (exact) mass is 218 g/mol. The van der Waals surface area contributed by atoms with E-state index in [4.69, 9.17) is 4.74 Å². The van der Waals surface area contributed by atoms with Gasteiger partial charge >= 0.3 is 5.97 Å². The molecule has 0 amide bonds. The molecule has 0 heterocycles. The third-order valence-electron chi connectivity index (χ3n) is 2.82. The van der Waals surface area contributed by atoms with Gasteiger partial charge in [0.05, 0.1) is 6.61 Å². The molecule has 1 aromatic rings. The maximum Gasteiger partial charge on any atom is 0.302 e. The van der Waals surface area contributed by atoms with Gasteiger partial charge in [0, 0.05) is 24.8 Å². The molecule has 1 aliphatic carbocycles. The van der Waals surface area contributed by atoms with Gasteiger partial charge in [-0.05, 0) is 12.0 Å². The highest BCUT2D eigenvalue weighted by molar-refractivity contribution is 5.98. The van der Waals surface area contributed by atoms with E-state index >= 15 is 0 Å². The first-order valence-corrected chi connectivity index (χ1v) is 5.41. The van der Waals surface area contributed by atoms with Crippen molar-refractivity contribution in [3.8, 4) is 0 Å². The minimum Gasteiger partial charge on any atom is -0.466 e. The van der Waals surface area contributed by atoms with Crippen LogP contribution in [0.2, 0.25) is 0 Å². The summed E-state index contributed by atoms with van der Waals surface area (Å²) in [4.78, 5) is 22.5. The van der Waals surface area contributed by atoms with E-state index in [0.29, 0.717) is 13.0 Å². The average molecular weight is 218 g/mol. The Bertz CT molecular complexity index is 423. The number of fused-ring (bicyclic) bond motifs is 1. The molecule has 84 valence electrons. The Morgan fingerprint density at radius 2 is 2.12 bits per heavy atom. The number of carbonyl (C=O) groups is 2. The lowest BCUT2D eigenvalue weighted by atomic mass is 9.83. The van der Waals surface area contributed by atoms with Crippen molar-refractivity contribution in [2.75, 3.05) is 6.61 Å². The van der Waals surface area contributed by atoms with Crippen molar-refractivity contribution in [3.63, 3.8) is 0 Å². The minimum absolute atomic E-state index is 0.131. The van der Waals surface area contributed by atoms with Gasteiger partial charge in [-0.3, -0.25) is 9.59 Å². The summed E-state index contributed by atoms with van der Waals surface area (Å²) >= 11 is 0. The zero-order chi connectivity index (χ0) is 11.5. The molecule has 1 atom stereocenters. The van der Waals surface area contributed by atoms with Crippen molar-refractivity contribution in [1.82, 2.24) is 0 Å². The predicted octanol–water partition coefficient (Wildman–Crippen LogP) is 1.99. The zero-order valence-electron chi connectivity index (χ0n) is 9.23. The Hall–Kier alpha value is -1.64. The SMILES string of the molecule is CC(=O)OC[C@@H]1CC(=O)c2ccccc2C1. The average Bonchev–Trinajstić information content (AvgIpc) is 2.26. The summed E-state index contributed by atoms with van der Waals surface area (Å²) in [5.41, 5.74) is 1.89. The van der Waals surface area contributed by atoms with Crippen LogP contribution < -0.4 is 0 Å². The molecule has 0 unspecified atom stereocenters. The number of hydrogen-bond donors (Lipinski definition) is 0. The Balaban J connectivity index is 2.09. The second kappa shape index (κ2) is 4.47. The molecule has 0 spiro atoms. The maximum absolute atomic E-state index is 11.8. The topological polar surface area (TPSA) is 43.4 Å². The van der Waals surface area contributed by atoms with Crippen molar-refractivity contribution < 1.29 is 14.3 Å². The van der Waals surface area contributed by atoms with Crippen molar-refractivity contribution in [1.29, 1.82) is 0 Å². The lowest BCUT2D eigenvalue weighted by Crippen LogP contribution is -2.24. The highest BCUT2D eigenvalue weighted by Gasteiger charge is 2.25. The lowest BCUT2D eigenvalue weighted by molar-refractivity contribution is -0.142. The van der Waals surface area contributed by atoms with E-state index in [1.165, 1.54) is 6.92 Å². The molecule has 0 N–H and O–H groups in total. The molecule has 3 heteroatoms. The summed E-state index contributed by atoms with van der Waals surface area (Å²) < 4.78 is 4.95. The lowest BCUT2D eigenvalue weighted by Gasteiger charge is -2.22. The minimum atomic E-state index is -0.286. The summed E-state index contributed by atoms with van der Waals surface area (Å²) in [5, 5.41) is 0. The largest absolute Gasteiger partial charge is 0.466 e. The Labute approximate surface area is 94.4 Å². The van der Waals surface area contributed by atoms with Crippen molar-refractivity contribution in [2.45, 2.75) is 19.8 Å². The molecule has 0 saturated carbocycles. The third-order valence-corrected chi connectivity index (χ3v) is 2.82. The quantitative estimate of drug-likeness (QED) is 0.713. The van der Waals surface area contributed by atoms with Crippen LogP contribution in [0.3, 0.4) is 0 Å². The van der Waals surface area contributed by atoms with E-state index < -0.39 is 0 Å². The highest BCUT2D eigenvalue weighted by Crippen LogP contribution is 2.25. The first-order chi connectivity index (χ1) is 7.66. The van der Waals surface area contributed by atoms with E-state index in [9.17, 15) is 9.59 Å². The highest BCUT2D eigenvalue weighted by atomic mass is 16.5. The van der Waals surface area contributed by atoms with E-state index in [-0.39, 0.29) is 17.7 Å². The van der Waals surface area contributed by atoms with Crippen LogP contribution in [0.1, 0.15) is 29.3 Å². The maximum atomic E-state index is 11.8. The number of rotatable bonds is 2. The first-order valence-electron chi connectivity index (χ1n) is 5.41. The van der Waals surface area contributed by atoms with E-state index in [2.05, 4.69) is 0 Å². The second-order valence-electron chi connectivity index (χ2n) is 4.16. The molecule has 3 nitrogen and oxygen atoms in total. The van der Waals surface area contributed by atoms with Gasteiger partial charge in [-0.2, -0.15) is 0 Å². The Morgan fingerprint density at radius 3 is 2.88 bits per heavy atom. The van der Waals surface area contributed by atoms with Gasteiger partial charge in [-0.25, -0.2) is 0 Å². The summed E-state index contributed by atoms with van der Waals surface area (Å²) in [6.45, 7) is 1.73. The summed E-state index contributed by atoms with van der Waals surface area (Å²) in [7, 11) is 0. The number of Topliss-reactive ketones (excluding diaryl/α,β-unsaturated/α-hetero) is 1. The molecule has 1 aliphatic rings. The first kappa shape index (κ1) is 10.9. The van der Waals surface area contributed by atoms with Crippen molar-refractivity contribution in [3.05, 3.63) is 35.4 Å². The molecule has 1 aromatic carbocycles. The van der Waals surface area contributed by atoms with Gasteiger partial charge in [-0.1, -0.05) is 24.3 Å². The van der Waals surface area contributed by atoms with Crippen molar-refractivity contribution >= 4 is 11.8 Å². The van der Waals surface area contributed by atoms with E-state index in [0.717, 1.165) is 17.5 Å². The standard InChI is InChI=1S/C13H14O3/c1-9(14)16-8-10-6-11-4-2-3-5-12(11)13(15)7-10/h2-5,10H,6-8H2,1H3/t10-/m0/s1. The molecule has 0 bridgehead atoms. The number of ether oxygens (including phenoxy) is 1. The fourth-order valence-corrected chi connectivity index (χ4v) is 2.08. The fraction of sp³-hybridized carbons (Fsp3) is 0.385. The number of benzene rings is 1. The smallest absolute Gasteiger partial charge is 0.302 e. The van der Waals surface area contributed by atoms with Gasteiger partial charge in [0.1, 0.15) is 0 Å². The number of carbonyl (C=O) groups excluding carboxylic acids is 2. The molecular formula is C13H14O3. The zero-order valence-corrected chi connectivity index (χ0v) is 9.23. The molecule has 16 heavy (non-hydrogen) atoms. The summed E-state index contributed by atoms with van der Waals surface area (Å²) in [5.74, 6) is -0.00314. The normalized spacial score (nSPS) is 19.1. The Morgan fingerprint density at radius 1 is 1.38 bits per heavy atom. The molecule has 0 aromatic heterocycles. The molecule has 0 saturated heterocycles. The third kappa shape index (κ3) is 2.30. The predicted molar refractivity (Wildman–Crippen MR) is 59.2 cm³/mol. The number of ketones is 1. The van der Waals surface area contributed by atoms with Crippen LogP contribution in [-0.4, -0.2) is 18.4 Å². The van der Waals surface area contributed by atoms with Gasteiger partial charge in [0.2, 0.25) is 0 Å². The van der Waals surface area contributed by atoms with Crippen LogP contribution in [-0.2, 0) is 16.0 Å². The van der Waals surface area contributed by atoms with Gasteiger partial charge in [-0.15, -0.1) is 0 Å². The number of hydrogen-bond acceptors (Lipinski definition) is 3. The Kier molecular flexibility index (Phi) is 3.04. The summed E-state index contributed by atoms with van der Waals surface area (Å²) in [6.07, 6.45) is 1.29. The second-order valence-corrected chi connectivity index (χ2v) is 4.16. The van der Waals surface area contributed by atoms with Gasteiger partial charge in [0.25, 0.3) is 0 Å². The molecule has 0 fully saturated rings. The van der Waals surface area contributed by atoms with Gasteiger partial charge < -0.3 is 4.74 Å². The van der Waals surface area contributed by atoms with Crippen LogP contribution >= 0.6 is 0 Å². The van der Waals surface area contributed by atoms with Crippen molar-refractivity contribution in [2.24, 2.45) is 5.92 Å².